The van der Waals surface area contributed by atoms with Crippen LogP contribution < -0.4 is 11.2 Å². The van der Waals surface area contributed by atoms with Crippen LogP contribution in [0.25, 0.3) is 0 Å². The first-order valence-electron chi connectivity index (χ1n) is 6.87. The van der Waals surface area contributed by atoms with Crippen LogP contribution in [0.1, 0.15) is 19.4 Å². The van der Waals surface area contributed by atoms with Gasteiger partial charge in [0.05, 0.1) is 5.03 Å². The van der Waals surface area contributed by atoms with Crippen molar-refractivity contribution in [2.45, 2.75) is 36.7 Å². The van der Waals surface area contributed by atoms with Crippen LogP contribution in [0.2, 0.25) is 0 Å². The summed E-state index contributed by atoms with van der Waals surface area (Å²) in [6, 6.07) is 9.76. The minimum Gasteiger partial charge on any atom is -0.284 e. The fraction of sp³-hybridized carbons (Fsp3) is 0.250. The normalized spacial score (nSPS) is 11.1. The Balaban J connectivity index is 2.59. The van der Waals surface area contributed by atoms with Gasteiger partial charge in [0.15, 0.2) is 0 Å². The Morgan fingerprint density at radius 3 is 2.57 bits per heavy atom. The summed E-state index contributed by atoms with van der Waals surface area (Å²) < 4.78 is 1.61. The fourth-order valence-electron chi connectivity index (χ4n) is 2.00. The number of nitrogens with zero attached hydrogens (tertiary/aromatic N) is 1. The van der Waals surface area contributed by atoms with Crippen molar-refractivity contribution in [3.05, 3.63) is 68.9 Å². The zero-order valence-corrected chi connectivity index (χ0v) is 12.9. The van der Waals surface area contributed by atoms with Crippen LogP contribution in [0, 0.1) is 0 Å². The molecular formula is C16H18N2O2S. The minimum absolute atomic E-state index is 0.294. The number of benzene rings is 1. The van der Waals surface area contributed by atoms with Gasteiger partial charge in [0.2, 0.25) is 0 Å². The molecule has 1 heterocycles. The number of allylic oxidation sites excluding steroid dienone is 2. The standard InChI is InChI=1S/C16H18N2O2S/c1-3-5-11-18-15(21-12-9-7-6-8-10-12)13(4-2)14(19)17-16(18)20/h3,5-10H,4,11H2,1-2H3,(H,17,19,20). The van der Waals surface area contributed by atoms with Crippen molar-refractivity contribution in [1.29, 1.82) is 0 Å². The molecule has 0 amide bonds. The van der Waals surface area contributed by atoms with Gasteiger partial charge in [-0.15, -0.1) is 0 Å². The zero-order valence-electron chi connectivity index (χ0n) is 12.1. The van der Waals surface area contributed by atoms with Crippen LogP contribution in [-0.2, 0) is 13.0 Å². The predicted molar refractivity (Wildman–Crippen MR) is 86.1 cm³/mol. The summed E-state index contributed by atoms with van der Waals surface area (Å²) in [7, 11) is 0. The molecular weight excluding hydrogens is 284 g/mol. The van der Waals surface area contributed by atoms with Crippen LogP contribution >= 0.6 is 11.8 Å². The Labute approximate surface area is 127 Å². The lowest BCUT2D eigenvalue weighted by Crippen LogP contribution is -2.33. The van der Waals surface area contributed by atoms with E-state index >= 15 is 0 Å². The summed E-state index contributed by atoms with van der Waals surface area (Å²) in [6.07, 6.45) is 4.37. The Hall–Kier alpha value is -2.01. The maximum atomic E-state index is 12.1. The molecule has 0 aliphatic carbocycles. The van der Waals surface area contributed by atoms with Gasteiger partial charge >= 0.3 is 5.69 Å². The molecule has 0 fully saturated rings. The molecule has 4 nitrogen and oxygen atoms in total. The second kappa shape index (κ2) is 7.13. The quantitative estimate of drug-likeness (QED) is 0.682. The smallest absolute Gasteiger partial charge is 0.284 e. The van der Waals surface area contributed by atoms with Gasteiger partial charge in [0.25, 0.3) is 5.56 Å². The Bertz CT molecular complexity index is 745. The number of hydrogen-bond donors (Lipinski definition) is 1. The average molecular weight is 302 g/mol. The van der Waals surface area contributed by atoms with E-state index in [-0.39, 0.29) is 11.2 Å². The number of nitrogens with one attached hydrogen (secondary N) is 1. The number of H-pyrrole nitrogens is 1. The topological polar surface area (TPSA) is 54.9 Å². The van der Waals surface area contributed by atoms with E-state index in [1.165, 1.54) is 11.8 Å². The van der Waals surface area contributed by atoms with Crippen molar-refractivity contribution in [3.8, 4) is 0 Å². The van der Waals surface area contributed by atoms with Gasteiger partial charge < -0.3 is 0 Å². The maximum Gasteiger partial charge on any atom is 0.329 e. The molecule has 2 rings (SSSR count). The van der Waals surface area contributed by atoms with Gasteiger partial charge in [-0.25, -0.2) is 4.79 Å². The van der Waals surface area contributed by atoms with Crippen molar-refractivity contribution >= 4 is 11.8 Å². The van der Waals surface area contributed by atoms with Crippen molar-refractivity contribution in [1.82, 2.24) is 9.55 Å². The monoisotopic (exact) mass is 302 g/mol. The lowest BCUT2D eigenvalue weighted by atomic mass is 10.2. The Morgan fingerprint density at radius 2 is 1.95 bits per heavy atom. The molecule has 0 bridgehead atoms. The highest BCUT2D eigenvalue weighted by Gasteiger charge is 2.14. The first-order chi connectivity index (χ1) is 10.2. The van der Waals surface area contributed by atoms with E-state index in [1.807, 2.05) is 56.3 Å². The molecule has 0 radical (unpaired) electrons. The van der Waals surface area contributed by atoms with E-state index in [4.69, 9.17) is 0 Å². The van der Waals surface area contributed by atoms with Crippen molar-refractivity contribution in [3.63, 3.8) is 0 Å². The molecule has 5 heteroatoms. The summed E-state index contributed by atoms with van der Waals surface area (Å²) in [5.41, 5.74) is -0.0145. The first-order valence-corrected chi connectivity index (χ1v) is 7.69. The molecule has 1 aromatic carbocycles. The molecule has 110 valence electrons. The molecule has 1 N–H and O–H groups in total. The van der Waals surface area contributed by atoms with Gasteiger partial charge in [-0.2, -0.15) is 0 Å². The van der Waals surface area contributed by atoms with E-state index in [2.05, 4.69) is 4.98 Å². The van der Waals surface area contributed by atoms with Crippen LogP contribution in [0.15, 0.2) is 62.0 Å². The van der Waals surface area contributed by atoms with E-state index < -0.39 is 0 Å². The maximum absolute atomic E-state index is 12.1. The van der Waals surface area contributed by atoms with Crippen molar-refractivity contribution in [2.75, 3.05) is 0 Å². The van der Waals surface area contributed by atoms with E-state index in [9.17, 15) is 9.59 Å². The van der Waals surface area contributed by atoms with Crippen molar-refractivity contribution < 1.29 is 0 Å². The van der Waals surface area contributed by atoms with Crippen molar-refractivity contribution in [2.24, 2.45) is 0 Å². The second-order valence-electron chi connectivity index (χ2n) is 4.49. The van der Waals surface area contributed by atoms with Crippen LogP contribution in [0.4, 0.5) is 0 Å². The minimum atomic E-state index is -0.367. The summed E-state index contributed by atoms with van der Waals surface area (Å²) >= 11 is 1.45. The lowest BCUT2D eigenvalue weighted by Gasteiger charge is -2.13. The SMILES string of the molecule is CC=CCn1c(Sc2ccccc2)c(CC)c(=O)[nH]c1=O. The number of aromatic amines is 1. The molecule has 0 unspecified atom stereocenters. The molecule has 0 spiro atoms. The Kier molecular flexibility index (Phi) is 5.22. The summed E-state index contributed by atoms with van der Waals surface area (Å²) in [4.78, 5) is 27.5. The second-order valence-corrected chi connectivity index (χ2v) is 5.55. The lowest BCUT2D eigenvalue weighted by molar-refractivity contribution is 0.644. The summed E-state index contributed by atoms with van der Waals surface area (Å²) in [5.74, 6) is 0. The molecule has 0 atom stereocenters. The van der Waals surface area contributed by atoms with Gasteiger partial charge in [-0.1, -0.05) is 49.0 Å². The van der Waals surface area contributed by atoms with E-state index in [1.54, 1.807) is 4.57 Å². The van der Waals surface area contributed by atoms with E-state index in [0.29, 0.717) is 18.5 Å². The molecule has 0 saturated heterocycles. The first kappa shape index (κ1) is 15.4. The number of hydrogen-bond acceptors (Lipinski definition) is 3. The van der Waals surface area contributed by atoms with Gasteiger partial charge in [0.1, 0.15) is 0 Å². The molecule has 21 heavy (non-hydrogen) atoms. The highest BCUT2D eigenvalue weighted by molar-refractivity contribution is 7.99. The highest BCUT2D eigenvalue weighted by atomic mass is 32.2. The predicted octanol–water partition coefficient (Wildman–Crippen LogP) is 2.83. The third-order valence-corrected chi connectivity index (χ3v) is 4.25. The van der Waals surface area contributed by atoms with Crippen LogP contribution in [0.3, 0.4) is 0 Å². The third-order valence-electron chi connectivity index (χ3n) is 3.08. The summed E-state index contributed by atoms with van der Waals surface area (Å²) in [6.45, 7) is 4.28. The van der Waals surface area contributed by atoms with E-state index in [0.717, 1.165) is 9.92 Å². The molecule has 1 aromatic heterocycles. The third kappa shape index (κ3) is 3.55. The largest absolute Gasteiger partial charge is 0.329 e. The number of rotatable bonds is 5. The van der Waals surface area contributed by atoms with Gasteiger partial charge in [-0.3, -0.25) is 14.3 Å². The van der Waals surface area contributed by atoms with Crippen LogP contribution in [0.5, 0.6) is 0 Å². The number of aromatic nitrogens is 2. The average Bonchev–Trinajstić information content (AvgIpc) is 2.48. The van der Waals surface area contributed by atoms with Gasteiger partial charge in [-0.05, 0) is 25.5 Å². The highest BCUT2D eigenvalue weighted by Crippen LogP contribution is 2.28. The molecule has 0 aliphatic heterocycles. The zero-order chi connectivity index (χ0) is 15.2. The molecule has 0 aliphatic rings. The van der Waals surface area contributed by atoms with Gasteiger partial charge in [0, 0.05) is 17.0 Å². The Morgan fingerprint density at radius 1 is 1.24 bits per heavy atom. The molecule has 2 aromatic rings. The van der Waals surface area contributed by atoms with Crippen LogP contribution in [-0.4, -0.2) is 9.55 Å². The molecule has 0 saturated carbocycles. The fourth-order valence-corrected chi connectivity index (χ4v) is 3.14. The summed E-state index contributed by atoms with van der Waals surface area (Å²) in [5, 5.41) is 0.718.